The zero-order valence-corrected chi connectivity index (χ0v) is 13.5. The van der Waals surface area contributed by atoms with E-state index in [4.69, 9.17) is 4.74 Å². The summed E-state index contributed by atoms with van der Waals surface area (Å²) in [7, 11) is -2.17. The molecule has 0 amide bonds. The van der Waals surface area contributed by atoms with Gasteiger partial charge in [0.1, 0.15) is 6.23 Å². The van der Waals surface area contributed by atoms with Gasteiger partial charge in [-0.05, 0) is 12.5 Å². The maximum Gasteiger partial charge on any atom is 0.471 e. The Bertz CT molecular complexity index is 788. The minimum atomic E-state index is -4.72. The molecule has 0 bridgehead atoms. The minimum absolute atomic E-state index is 0.117. The number of ether oxygens (including phenoxy) is 1. The van der Waals surface area contributed by atoms with Crippen LogP contribution < -0.4 is 4.72 Å². The zero-order valence-electron chi connectivity index (χ0n) is 12.7. The molecule has 0 spiro atoms. The van der Waals surface area contributed by atoms with Gasteiger partial charge >= 0.3 is 12.1 Å². The number of nitrogens with one attached hydrogen (secondary N) is 1. The average Bonchev–Trinajstić information content (AvgIpc) is 3.03. The van der Waals surface area contributed by atoms with E-state index in [0.717, 1.165) is 0 Å². The zero-order chi connectivity index (χ0) is 18.0. The Morgan fingerprint density at radius 3 is 2.38 bits per heavy atom. The molecule has 1 aromatic carbocycles. The highest BCUT2D eigenvalue weighted by Crippen LogP contribution is 2.29. The number of halogens is 3. The smallest absolute Gasteiger partial charge is 0.361 e. The first-order chi connectivity index (χ1) is 11.2. The van der Waals surface area contributed by atoms with E-state index in [-0.39, 0.29) is 17.1 Å². The third kappa shape index (κ3) is 4.30. The second kappa shape index (κ2) is 6.87. The van der Waals surface area contributed by atoms with Gasteiger partial charge in [0.05, 0.1) is 5.75 Å². The van der Waals surface area contributed by atoms with Gasteiger partial charge in [0.2, 0.25) is 15.8 Å². The second-order valence-electron chi connectivity index (χ2n) is 4.68. The summed E-state index contributed by atoms with van der Waals surface area (Å²) in [4.78, 5) is 3.27. The van der Waals surface area contributed by atoms with E-state index in [1.165, 1.54) is 38.3 Å². The van der Waals surface area contributed by atoms with Gasteiger partial charge in [0, 0.05) is 12.7 Å². The number of alkyl halides is 3. The van der Waals surface area contributed by atoms with Gasteiger partial charge < -0.3 is 9.26 Å². The van der Waals surface area contributed by atoms with Crippen molar-refractivity contribution in [3.63, 3.8) is 0 Å². The Labute approximate surface area is 135 Å². The Kier molecular flexibility index (Phi) is 5.26. The van der Waals surface area contributed by atoms with Crippen molar-refractivity contribution >= 4 is 10.0 Å². The topological polar surface area (TPSA) is 94.3 Å². The first kappa shape index (κ1) is 18.4. The Morgan fingerprint density at radius 2 is 1.92 bits per heavy atom. The van der Waals surface area contributed by atoms with Crippen LogP contribution >= 0.6 is 0 Å². The molecule has 0 aliphatic carbocycles. The summed E-state index contributed by atoms with van der Waals surface area (Å²) in [6.07, 6.45) is -5.63. The third-order valence-corrected chi connectivity index (χ3v) is 4.38. The van der Waals surface area contributed by atoms with Crippen LogP contribution in [0.5, 0.6) is 0 Å². The molecule has 2 aromatic rings. The Morgan fingerprint density at radius 1 is 1.29 bits per heavy atom. The van der Waals surface area contributed by atoms with E-state index in [2.05, 4.69) is 19.4 Å². The quantitative estimate of drug-likeness (QED) is 0.790. The van der Waals surface area contributed by atoms with E-state index >= 15 is 0 Å². The molecule has 1 aromatic heterocycles. The molecule has 0 saturated heterocycles. The fraction of sp³-hybridized carbons (Fsp3) is 0.385. The highest BCUT2D eigenvalue weighted by Gasteiger charge is 2.38. The summed E-state index contributed by atoms with van der Waals surface area (Å²) >= 11 is 0. The van der Waals surface area contributed by atoms with Crippen molar-refractivity contribution in [2.75, 3.05) is 12.9 Å². The van der Waals surface area contributed by atoms with Gasteiger partial charge in [0.25, 0.3) is 0 Å². The number of sulfonamides is 1. The van der Waals surface area contributed by atoms with Crippen molar-refractivity contribution in [2.24, 2.45) is 0 Å². The average molecular weight is 365 g/mol. The molecular formula is C13H14F3N3O4S. The third-order valence-electron chi connectivity index (χ3n) is 3.04. The molecule has 11 heteroatoms. The predicted molar refractivity (Wildman–Crippen MR) is 77.1 cm³/mol. The normalized spacial score (nSPS) is 13.9. The Balaban J connectivity index is 2.22. The number of hydrogen-bond donors (Lipinski definition) is 1. The molecule has 0 aliphatic rings. The second-order valence-corrected chi connectivity index (χ2v) is 6.72. The van der Waals surface area contributed by atoms with Crippen LogP contribution in [-0.4, -0.2) is 31.4 Å². The molecule has 0 fully saturated rings. The molecular weight excluding hydrogens is 351 g/mol. The van der Waals surface area contributed by atoms with E-state index in [1.807, 2.05) is 0 Å². The molecule has 0 aliphatic heterocycles. The van der Waals surface area contributed by atoms with E-state index in [0.29, 0.717) is 5.56 Å². The fourth-order valence-corrected chi connectivity index (χ4v) is 2.49. The largest absolute Gasteiger partial charge is 0.471 e. The van der Waals surface area contributed by atoms with Crippen LogP contribution in [-0.2, 0) is 20.9 Å². The maximum atomic E-state index is 12.4. The van der Waals surface area contributed by atoms with Crippen molar-refractivity contribution in [3.8, 4) is 11.4 Å². The van der Waals surface area contributed by atoms with Crippen molar-refractivity contribution < 1.29 is 30.8 Å². The summed E-state index contributed by atoms with van der Waals surface area (Å²) in [5.41, 5.74) is 0.754. The molecule has 1 N–H and O–H groups in total. The number of nitrogens with zero attached hydrogens (tertiary/aromatic N) is 2. The van der Waals surface area contributed by atoms with Crippen molar-refractivity contribution in [1.29, 1.82) is 0 Å². The number of methoxy groups -OCH3 is 1. The lowest BCUT2D eigenvalue weighted by atomic mass is 10.1. The standard InChI is InChI=1S/C13H14F3N3O4S/c1-3-24(20,21)19-11(22-2)9-6-4-8(5-7-9)10-17-12(23-18-10)13(14,15)16/h4-7,11,19H,3H2,1-2H3. The molecule has 1 atom stereocenters. The molecule has 1 heterocycles. The van der Waals surface area contributed by atoms with E-state index in [1.54, 1.807) is 0 Å². The molecule has 2 rings (SSSR count). The van der Waals surface area contributed by atoms with Gasteiger partial charge in [-0.2, -0.15) is 22.9 Å². The van der Waals surface area contributed by atoms with Crippen molar-refractivity contribution in [1.82, 2.24) is 14.9 Å². The summed E-state index contributed by atoms with van der Waals surface area (Å²) in [6, 6.07) is 5.86. The van der Waals surface area contributed by atoms with Crippen LogP contribution in [0, 0.1) is 0 Å². The summed E-state index contributed by atoms with van der Waals surface area (Å²) in [5.74, 6) is -1.78. The van der Waals surface area contributed by atoms with Crippen LogP contribution in [0.1, 0.15) is 24.6 Å². The lowest BCUT2D eigenvalue weighted by Gasteiger charge is -2.17. The lowest BCUT2D eigenvalue weighted by molar-refractivity contribution is -0.159. The summed E-state index contributed by atoms with van der Waals surface area (Å²) < 4.78 is 72.1. The number of rotatable bonds is 6. The summed E-state index contributed by atoms with van der Waals surface area (Å²) in [6.45, 7) is 1.48. The molecule has 7 nitrogen and oxygen atoms in total. The lowest BCUT2D eigenvalue weighted by Crippen LogP contribution is -2.30. The van der Waals surface area contributed by atoms with Gasteiger partial charge in [-0.1, -0.05) is 29.4 Å². The molecule has 132 valence electrons. The first-order valence-corrected chi connectivity index (χ1v) is 8.35. The number of aromatic nitrogens is 2. The van der Waals surface area contributed by atoms with Crippen LogP contribution in [0.2, 0.25) is 0 Å². The highest BCUT2D eigenvalue weighted by molar-refractivity contribution is 7.89. The van der Waals surface area contributed by atoms with E-state index in [9.17, 15) is 21.6 Å². The Hall–Kier alpha value is -1.98. The maximum absolute atomic E-state index is 12.4. The molecule has 0 radical (unpaired) electrons. The predicted octanol–water partition coefficient (Wildman–Crippen LogP) is 2.34. The van der Waals surface area contributed by atoms with Crippen LogP contribution in [0.4, 0.5) is 13.2 Å². The molecule has 1 unspecified atom stereocenters. The van der Waals surface area contributed by atoms with Gasteiger partial charge in [-0.15, -0.1) is 0 Å². The van der Waals surface area contributed by atoms with Gasteiger partial charge in [-0.3, -0.25) is 0 Å². The molecule has 0 saturated carbocycles. The van der Waals surface area contributed by atoms with Crippen LogP contribution in [0.25, 0.3) is 11.4 Å². The van der Waals surface area contributed by atoms with Gasteiger partial charge in [0.15, 0.2) is 0 Å². The monoisotopic (exact) mass is 365 g/mol. The first-order valence-electron chi connectivity index (χ1n) is 6.70. The number of hydrogen-bond acceptors (Lipinski definition) is 6. The highest BCUT2D eigenvalue weighted by atomic mass is 32.2. The number of benzene rings is 1. The van der Waals surface area contributed by atoms with Crippen LogP contribution in [0.15, 0.2) is 28.8 Å². The van der Waals surface area contributed by atoms with Crippen molar-refractivity contribution in [3.05, 3.63) is 35.7 Å². The van der Waals surface area contributed by atoms with Gasteiger partial charge in [-0.25, -0.2) is 8.42 Å². The minimum Gasteiger partial charge on any atom is -0.361 e. The fourth-order valence-electron chi connectivity index (χ4n) is 1.76. The van der Waals surface area contributed by atoms with E-state index < -0.39 is 28.3 Å². The summed E-state index contributed by atoms with van der Waals surface area (Å²) in [5, 5.41) is 3.27. The van der Waals surface area contributed by atoms with Crippen molar-refractivity contribution in [2.45, 2.75) is 19.3 Å². The SMILES string of the molecule is CCS(=O)(=O)NC(OC)c1ccc(-c2noc(C(F)(F)F)n2)cc1. The molecule has 24 heavy (non-hydrogen) atoms. The van der Waals surface area contributed by atoms with Crippen LogP contribution in [0.3, 0.4) is 0 Å².